The first-order chi connectivity index (χ1) is 12.7. The first kappa shape index (κ1) is 17.6. The molecule has 8 nitrogen and oxygen atoms in total. The van der Waals surface area contributed by atoms with Gasteiger partial charge in [0.2, 0.25) is 11.9 Å². The standard InChI is InChI=1S/C17H17N5O3S/c1-24-13-5-4-11(8-14(13)25-2)20-15(23)9-12-10-26-17(21-12)22-16-18-6-3-7-19-16/h3-8,10H,9H2,1-2H3,(H,20,23)(H,18,19,21,22). The molecule has 0 aliphatic heterocycles. The van der Waals surface area contributed by atoms with Crippen molar-refractivity contribution < 1.29 is 14.3 Å². The third kappa shape index (κ3) is 4.45. The fourth-order valence-corrected chi connectivity index (χ4v) is 2.89. The second-order valence-electron chi connectivity index (χ2n) is 5.14. The third-order valence-corrected chi connectivity index (χ3v) is 4.15. The van der Waals surface area contributed by atoms with Crippen LogP contribution in [0.15, 0.2) is 42.0 Å². The highest BCUT2D eigenvalue weighted by atomic mass is 32.1. The normalized spacial score (nSPS) is 10.2. The molecule has 0 aliphatic rings. The molecule has 134 valence electrons. The smallest absolute Gasteiger partial charge is 0.230 e. The Morgan fingerprint density at radius 1 is 1.15 bits per heavy atom. The lowest BCUT2D eigenvalue weighted by Gasteiger charge is -2.10. The molecule has 2 heterocycles. The lowest BCUT2D eigenvalue weighted by Crippen LogP contribution is -2.14. The minimum absolute atomic E-state index is 0.155. The van der Waals surface area contributed by atoms with E-state index in [2.05, 4.69) is 25.6 Å². The zero-order chi connectivity index (χ0) is 18.4. The summed E-state index contributed by atoms with van der Waals surface area (Å²) in [7, 11) is 3.11. The Kier molecular flexibility index (Phi) is 5.59. The number of benzene rings is 1. The van der Waals surface area contributed by atoms with Crippen LogP contribution in [-0.2, 0) is 11.2 Å². The maximum absolute atomic E-state index is 12.2. The topological polar surface area (TPSA) is 98.3 Å². The molecule has 0 atom stereocenters. The maximum atomic E-state index is 12.2. The van der Waals surface area contributed by atoms with Crippen molar-refractivity contribution in [3.8, 4) is 11.5 Å². The van der Waals surface area contributed by atoms with Crippen molar-refractivity contribution in [3.63, 3.8) is 0 Å². The van der Waals surface area contributed by atoms with E-state index in [-0.39, 0.29) is 12.3 Å². The number of methoxy groups -OCH3 is 2. The molecule has 2 aromatic heterocycles. The Labute approximate surface area is 154 Å². The van der Waals surface area contributed by atoms with Gasteiger partial charge in [-0.05, 0) is 18.2 Å². The van der Waals surface area contributed by atoms with Gasteiger partial charge >= 0.3 is 0 Å². The van der Waals surface area contributed by atoms with E-state index in [4.69, 9.17) is 9.47 Å². The minimum Gasteiger partial charge on any atom is -0.493 e. The zero-order valence-corrected chi connectivity index (χ0v) is 15.0. The van der Waals surface area contributed by atoms with Crippen LogP contribution in [0.1, 0.15) is 5.69 Å². The van der Waals surface area contributed by atoms with E-state index < -0.39 is 0 Å². The summed E-state index contributed by atoms with van der Waals surface area (Å²) in [5.74, 6) is 1.44. The molecular weight excluding hydrogens is 354 g/mol. The van der Waals surface area contributed by atoms with Gasteiger partial charge in [-0.15, -0.1) is 11.3 Å². The molecule has 9 heteroatoms. The van der Waals surface area contributed by atoms with Gasteiger partial charge in [0.05, 0.1) is 26.3 Å². The van der Waals surface area contributed by atoms with Gasteiger partial charge in [0.1, 0.15) is 0 Å². The second kappa shape index (κ2) is 8.26. The highest BCUT2D eigenvalue weighted by Gasteiger charge is 2.11. The quantitative estimate of drug-likeness (QED) is 0.659. The molecule has 0 spiro atoms. The van der Waals surface area contributed by atoms with E-state index in [1.807, 2.05) is 5.38 Å². The van der Waals surface area contributed by atoms with Crippen molar-refractivity contribution in [1.82, 2.24) is 15.0 Å². The van der Waals surface area contributed by atoms with E-state index in [1.165, 1.54) is 11.3 Å². The zero-order valence-electron chi connectivity index (χ0n) is 14.2. The number of nitrogens with zero attached hydrogens (tertiary/aromatic N) is 3. The molecule has 0 radical (unpaired) electrons. The summed E-state index contributed by atoms with van der Waals surface area (Å²) in [5.41, 5.74) is 1.28. The Bertz CT molecular complexity index is 885. The van der Waals surface area contributed by atoms with Crippen molar-refractivity contribution in [2.75, 3.05) is 24.9 Å². The van der Waals surface area contributed by atoms with E-state index in [9.17, 15) is 4.79 Å². The number of nitrogens with one attached hydrogen (secondary N) is 2. The van der Waals surface area contributed by atoms with Crippen molar-refractivity contribution in [2.45, 2.75) is 6.42 Å². The number of carbonyl (C=O) groups is 1. The molecule has 0 saturated heterocycles. The number of carbonyl (C=O) groups excluding carboxylic acids is 1. The van der Waals surface area contributed by atoms with Crippen LogP contribution in [0.4, 0.5) is 16.8 Å². The number of hydrogen-bond acceptors (Lipinski definition) is 8. The lowest BCUT2D eigenvalue weighted by molar-refractivity contribution is -0.115. The van der Waals surface area contributed by atoms with Crippen LogP contribution in [-0.4, -0.2) is 35.1 Å². The number of amides is 1. The molecule has 26 heavy (non-hydrogen) atoms. The molecule has 1 aromatic carbocycles. The van der Waals surface area contributed by atoms with Gasteiger partial charge in [-0.3, -0.25) is 4.79 Å². The largest absolute Gasteiger partial charge is 0.493 e. The Hall–Kier alpha value is -3.20. The monoisotopic (exact) mass is 371 g/mol. The summed E-state index contributed by atoms with van der Waals surface area (Å²) in [6, 6.07) is 6.92. The molecule has 0 unspecified atom stereocenters. The Morgan fingerprint density at radius 3 is 2.65 bits per heavy atom. The predicted octanol–water partition coefficient (Wildman–Crippen LogP) is 2.88. The molecule has 0 bridgehead atoms. The van der Waals surface area contributed by atoms with Crippen LogP contribution >= 0.6 is 11.3 Å². The van der Waals surface area contributed by atoms with E-state index in [0.29, 0.717) is 34.0 Å². The number of ether oxygens (including phenoxy) is 2. The fraction of sp³-hybridized carbons (Fsp3) is 0.176. The van der Waals surface area contributed by atoms with Crippen molar-refractivity contribution in [1.29, 1.82) is 0 Å². The van der Waals surface area contributed by atoms with Gasteiger partial charge in [0, 0.05) is 29.5 Å². The highest BCUT2D eigenvalue weighted by molar-refractivity contribution is 7.13. The molecule has 3 aromatic rings. The number of rotatable bonds is 7. The fourth-order valence-electron chi connectivity index (χ4n) is 2.19. The number of thiazole rings is 1. The summed E-state index contributed by atoms with van der Waals surface area (Å²) >= 11 is 1.38. The highest BCUT2D eigenvalue weighted by Crippen LogP contribution is 2.29. The van der Waals surface area contributed by atoms with Gasteiger partial charge in [-0.25, -0.2) is 15.0 Å². The molecular formula is C17H17N5O3S. The Morgan fingerprint density at radius 2 is 1.92 bits per heavy atom. The van der Waals surface area contributed by atoms with Crippen LogP contribution in [0.25, 0.3) is 0 Å². The van der Waals surface area contributed by atoms with Gasteiger partial charge in [0.15, 0.2) is 16.6 Å². The lowest BCUT2D eigenvalue weighted by atomic mass is 10.2. The van der Waals surface area contributed by atoms with E-state index >= 15 is 0 Å². The summed E-state index contributed by atoms with van der Waals surface area (Å²) in [6.45, 7) is 0. The number of hydrogen-bond donors (Lipinski definition) is 2. The minimum atomic E-state index is -0.176. The average molecular weight is 371 g/mol. The molecule has 2 N–H and O–H groups in total. The molecule has 1 amide bonds. The van der Waals surface area contributed by atoms with Gasteiger partial charge < -0.3 is 20.1 Å². The molecule has 3 rings (SSSR count). The second-order valence-corrected chi connectivity index (χ2v) is 5.99. The first-order valence-corrected chi connectivity index (χ1v) is 8.56. The summed E-state index contributed by atoms with van der Waals surface area (Å²) in [5, 5.41) is 8.27. The van der Waals surface area contributed by atoms with Gasteiger partial charge in [0.25, 0.3) is 0 Å². The average Bonchev–Trinajstić information content (AvgIpc) is 3.09. The third-order valence-electron chi connectivity index (χ3n) is 3.35. The van der Waals surface area contributed by atoms with Crippen molar-refractivity contribution in [2.24, 2.45) is 0 Å². The first-order valence-electron chi connectivity index (χ1n) is 7.68. The summed E-state index contributed by atoms with van der Waals surface area (Å²) in [4.78, 5) is 24.8. The van der Waals surface area contributed by atoms with Crippen molar-refractivity contribution >= 4 is 34.0 Å². The number of aromatic nitrogens is 3. The van der Waals surface area contributed by atoms with Crippen LogP contribution in [0.3, 0.4) is 0 Å². The SMILES string of the molecule is COc1ccc(NC(=O)Cc2csc(Nc3ncccn3)n2)cc1OC. The Balaban J connectivity index is 1.60. The molecule has 0 fully saturated rings. The van der Waals surface area contributed by atoms with E-state index in [1.54, 1.807) is 50.9 Å². The molecule has 0 aliphatic carbocycles. The van der Waals surface area contributed by atoms with Crippen LogP contribution in [0, 0.1) is 0 Å². The summed E-state index contributed by atoms with van der Waals surface area (Å²) < 4.78 is 10.4. The number of anilines is 3. The maximum Gasteiger partial charge on any atom is 0.230 e. The van der Waals surface area contributed by atoms with Crippen LogP contribution < -0.4 is 20.1 Å². The van der Waals surface area contributed by atoms with E-state index in [0.717, 1.165) is 0 Å². The molecule has 0 saturated carbocycles. The van der Waals surface area contributed by atoms with Crippen LogP contribution in [0.5, 0.6) is 11.5 Å². The van der Waals surface area contributed by atoms with Crippen LogP contribution in [0.2, 0.25) is 0 Å². The van der Waals surface area contributed by atoms with Crippen molar-refractivity contribution in [3.05, 3.63) is 47.7 Å². The van der Waals surface area contributed by atoms with Gasteiger partial charge in [-0.2, -0.15) is 0 Å². The predicted molar refractivity (Wildman–Crippen MR) is 99.3 cm³/mol. The van der Waals surface area contributed by atoms with Gasteiger partial charge in [-0.1, -0.05) is 0 Å². The summed E-state index contributed by atoms with van der Waals surface area (Å²) in [6.07, 6.45) is 3.43.